The summed E-state index contributed by atoms with van der Waals surface area (Å²) in [5.41, 5.74) is 0. The molecule has 3 saturated carbocycles. The summed E-state index contributed by atoms with van der Waals surface area (Å²) in [6.45, 7) is 0. The molecule has 0 heterocycles. The number of hydrogen-bond donors (Lipinski definition) is 0. The molecule has 0 aromatic heterocycles. The maximum absolute atomic E-state index is 7.80. The fourth-order valence-corrected chi connectivity index (χ4v) is 34.2. The van der Waals surface area contributed by atoms with Crippen LogP contribution in [0, 0.1) is 0 Å². The van der Waals surface area contributed by atoms with E-state index in [4.69, 9.17) is 8.32 Å². The average molecular weight is 492 g/mol. The van der Waals surface area contributed by atoms with Gasteiger partial charge < -0.3 is 0 Å². The minimum absolute atomic E-state index is 1.06. The zero-order valence-corrected chi connectivity index (χ0v) is 17.9. The quantitative estimate of drug-likeness (QED) is 0.367. The average Bonchev–Trinajstić information content (AvgIpc) is 2.56. The van der Waals surface area contributed by atoms with Crippen LogP contribution in [-0.4, -0.2) is 19.9 Å². The third kappa shape index (κ3) is 3.41. The van der Waals surface area contributed by atoms with Crippen LogP contribution in [0.4, 0.5) is 0 Å². The van der Waals surface area contributed by atoms with E-state index in [0.717, 1.165) is 10.4 Å². The number of hydrogen-bond acceptors (Lipinski definition) is 0. The molecule has 116 valence electrons. The van der Waals surface area contributed by atoms with Gasteiger partial charge in [0.15, 0.2) is 0 Å². The Hall–Kier alpha value is 1.21. The summed E-state index contributed by atoms with van der Waals surface area (Å²) in [5.74, 6) is 0. The van der Waals surface area contributed by atoms with Crippen LogP contribution < -0.4 is 0 Å². The molecule has 2 heteroatoms. The Morgan fingerprint density at radius 3 is 0.950 bits per heavy atom. The summed E-state index contributed by atoms with van der Waals surface area (Å²) in [4.78, 5) is 0. The molecule has 20 heavy (non-hydrogen) atoms. The Kier molecular flexibility index (Phi) is 6.16. The predicted molar refractivity (Wildman–Crippen MR) is 92.1 cm³/mol. The Morgan fingerprint density at radius 1 is 0.450 bits per heavy atom. The molecule has 3 rings (SSSR count). The van der Waals surface area contributed by atoms with Gasteiger partial charge in [-0.2, -0.15) is 0 Å². The molecule has 0 aliphatic heterocycles. The molecular formula is C18H33ClPb. The van der Waals surface area contributed by atoms with Gasteiger partial charge >= 0.3 is 135 Å². The SMILES string of the molecule is [Cl][Pb]([CH]1CCCCC1)([CH]1CCCCC1)[CH]1CCCCC1. The molecule has 0 spiro atoms. The number of rotatable bonds is 3. The van der Waals surface area contributed by atoms with E-state index in [9.17, 15) is 0 Å². The maximum atomic E-state index is 7.80. The molecule has 0 nitrogen and oxygen atoms in total. The van der Waals surface area contributed by atoms with Crippen LogP contribution in [0.25, 0.3) is 0 Å². The molecule has 0 bridgehead atoms. The minimum atomic E-state index is -2.63. The zero-order chi connectivity index (χ0) is 13.8. The fourth-order valence-electron chi connectivity index (χ4n) is 5.64. The van der Waals surface area contributed by atoms with Gasteiger partial charge in [0.05, 0.1) is 0 Å². The van der Waals surface area contributed by atoms with Crippen molar-refractivity contribution in [3.05, 3.63) is 0 Å². The summed E-state index contributed by atoms with van der Waals surface area (Å²) in [7, 11) is 7.80. The van der Waals surface area contributed by atoms with Crippen molar-refractivity contribution in [2.45, 2.75) is 107 Å². The van der Waals surface area contributed by atoms with E-state index in [2.05, 4.69) is 0 Å². The first-order valence-corrected chi connectivity index (χ1v) is 21.0. The van der Waals surface area contributed by atoms with Crippen molar-refractivity contribution in [1.29, 1.82) is 0 Å². The van der Waals surface area contributed by atoms with E-state index >= 15 is 0 Å². The fraction of sp³-hybridized carbons (Fsp3) is 1.00. The molecule has 0 atom stereocenters. The second-order valence-corrected chi connectivity index (χ2v) is 29.5. The summed E-state index contributed by atoms with van der Waals surface area (Å²) < 4.78 is 3.18. The van der Waals surface area contributed by atoms with Crippen molar-refractivity contribution >= 4 is 28.3 Å². The molecule has 3 fully saturated rings. The van der Waals surface area contributed by atoms with Crippen molar-refractivity contribution in [1.82, 2.24) is 0 Å². The van der Waals surface area contributed by atoms with Gasteiger partial charge in [0.2, 0.25) is 0 Å². The van der Waals surface area contributed by atoms with Crippen LogP contribution in [0.2, 0.25) is 10.4 Å². The topological polar surface area (TPSA) is 0 Å². The summed E-state index contributed by atoms with van der Waals surface area (Å²) in [6, 6.07) is 0. The molecule has 3 aliphatic rings. The van der Waals surface area contributed by atoms with Gasteiger partial charge in [0, 0.05) is 0 Å². The van der Waals surface area contributed by atoms with Crippen LogP contribution in [0.15, 0.2) is 0 Å². The van der Waals surface area contributed by atoms with Gasteiger partial charge in [-0.15, -0.1) is 0 Å². The molecule has 0 saturated heterocycles. The van der Waals surface area contributed by atoms with Gasteiger partial charge in [0.25, 0.3) is 0 Å². The first-order chi connectivity index (χ1) is 9.82. The molecule has 0 aromatic rings. The molecule has 0 radical (unpaired) electrons. The Balaban J connectivity index is 1.79. The van der Waals surface area contributed by atoms with Gasteiger partial charge in [-0.1, -0.05) is 0 Å². The van der Waals surface area contributed by atoms with Crippen molar-refractivity contribution in [3.8, 4) is 0 Å². The van der Waals surface area contributed by atoms with Crippen LogP contribution in [0.1, 0.15) is 96.3 Å². The molecule has 3 aliphatic carbocycles. The van der Waals surface area contributed by atoms with Gasteiger partial charge in [-0.3, -0.25) is 0 Å². The summed E-state index contributed by atoms with van der Waals surface area (Å²) >= 11 is -2.63. The van der Waals surface area contributed by atoms with E-state index in [1.807, 2.05) is 0 Å². The predicted octanol–water partition coefficient (Wildman–Crippen LogP) is 7.17. The van der Waals surface area contributed by atoms with Crippen LogP contribution >= 0.6 is 8.32 Å². The van der Waals surface area contributed by atoms with Crippen molar-refractivity contribution < 1.29 is 0 Å². The molecule has 0 N–H and O–H groups in total. The van der Waals surface area contributed by atoms with E-state index in [-0.39, 0.29) is 0 Å². The summed E-state index contributed by atoms with van der Waals surface area (Å²) in [5, 5.41) is 0. The third-order valence-electron chi connectivity index (χ3n) is 6.69. The van der Waals surface area contributed by atoms with Crippen LogP contribution in [0.3, 0.4) is 0 Å². The van der Waals surface area contributed by atoms with Gasteiger partial charge in [0.1, 0.15) is 0 Å². The normalized spacial score (nSPS) is 28.6. The second-order valence-electron chi connectivity index (χ2n) is 7.83. The Bertz CT molecular complexity index is 240. The van der Waals surface area contributed by atoms with Gasteiger partial charge in [-0.05, 0) is 0 Å². The number of halogens is 1. The Labute approximate surface area is 134 Å². The standard InChI is InChI=1S/3C6H11.ClH.Pb/c3*1-2-4-6-5-3-1;;/h3*1H,2-6H2;1H;/q;;;;+1/p-1. The third-order valence-corrected chi connectivity index (χ3v) is 36.1. The molecule has 0 amide bonds. The molecule has 0 aromatic carbocycles. The van der Waals surface area contributed by atoms with Crippen molar-refractivity contribution in [2.24, 2.45) is 0 Å². The molecule has 0 unspecified atom stereocenters. The monoisotopic (exact) mass is 492 g/mol. The van der Waals surface area contributed by atoms with Gasteiger partial charge in [-0.25, -0.2) is 0 Å². The van der Waals surface area contributed by atoms with Crippen molar-refractivity contribution in [2.75, 3.05) is 0 Å². The van der Waals surface area contributed by atoms with E-state index in [0.29, 0.717) is 0 Å². The second kappa shape index (κ2) is 7.66. The van der Waals surface area contributed by atoms with E-state index < -0.39 is 19.9 Å². The first-order valence-electron chi connectivity index (χ1n) is 9.50. The van der Waals surface area contributed by atoms with E-state index in [1.165, 1.54) is 96.3 Å². The van der Waals surface area contributed by atoms with E-state index in [1.54, 1.807) is 0 Å². The molecular weight excluding hydrogens is 459 g/mol. The Morgan fingerprint density at radius 2 is 0.700 bits per heavy atom. The zero-order valence-electron chi connectivity index (χ0n) is 13.2. The van der Waals surface area contributed by atoms with Crippen LogP contribution in [0.5, 0.6) is 0 Å². The van der Waals surface area contributed by atoms with Crippen molar-refractivity contribution in [3.63, 3.8) is 0 Å². The summed E-state index contributed by atoms with van der Waals surface area (Å²) in [6.07, 6.45) is 22.6. The first kappa shape index (κ1) is 16.1. The van der Waals surface area contributed by atoms with Crippen LogP contribution in [-0.2, 0) is 0 Å².